The minimum atomic E-state index is -0.114. The van der Waals surface area contributed by atoms with Crippen LogP contribution < -0.4 is 16.4 Å². The van der Waals surface area contributed by atoms with Crippen molar-refractivity contribution in [1.82, 2.24) is 20.6 Å². The van der Waals surface area contributed by atoms with Gasteiger partial charge in [-0.15, -0.1) is 0 Å². The third kappa shape index (κ3) is 4.99. The molecule has 1 aromatic heterocycles. The number of aryl methyl sites for hydroxylation is 1. The Morgan fingerprint density at radius 1 is 1.56 bits per heavy atom. The van der Waals surface area contributed by atoms with Crippen LogP contribution in [0.2, 0.25) is 0 Å². The summed E-state index contributed by atoms with van der Waals surface area (Å²) in [5, 5.41) is 6.38. The molecule has 0 saturated heterocycles. The highest BCUT2D eigenvalue weighted by Crippen LogP contribution is 2.00. The van der Waals surface area contributed by atoms with Gasteiger partial charge in [0.1, 0.15) is 0 Å². The maximum atomic E-state index is 5.84. The largest absolute Gasteiger partial charge is 0.366 e. The Kier molecular flexibility index (Phi) is 5.66. The van der Waals surface area contributed by atoms with Gasteiger partial charge >= 0.3 is 0 Å². The molecule has 88 valence electrons. The van der Waals surface area contributed by atoms with Crippen molar-refractivity contribution in [2.24, 2.45) is 5.73 Å². The van der Waals surface area contributed by atoms with E-state index in [1.165, 1.54) is 0 Å². The zero-order valence-electron chi connectivity index (χ0n) is 9.31. The number of nitrogens with two attached hydrogens (primary N) is 1. The Hall–Kier alpha value is -1.27. The predicted molar refractivity (Wildman–Crippen MR) is 67.7 cm³/mol. The number of hydrogen-bond donors (Lipinski definition) is 3. The highest BCUT2D eigenvalue weighted by atomic mass is 32.1. The van der Waals surface area contributed by atoms with E-state index in [1.54, 1.807) is 25.6 Å². The lowest BCUT2D eigenvalue weighted by atomic mass is 10.2. The Labute approximate surface area is 101 Å². The Morgan fingerprint density at radius 3 is 3.00 bits per heavy atom. The maximum Gasteiger partial charge on any atom is 0.167 e. The summed E-state index contributed by atoms with van der Waals surface area (Å²) in [5.41, 5.74) is 6.83. The second-order valence-corrected chi connectivity index (χ2v) is 3.83. The lowest BCUT2D eigenvalue weighted by molar-refractivity contribution is 0.550. The van der Waals surface area contributed by atoms with Crippen molar-refractivity contribution in [3.05, 3.63) is 24.3 Å². The van der Waals surface area contributed by atoms with Gasteiger partial charge in [-0.05, 0) is 31.5 Å². The van der Waals surface area contributed by atoms with Crippen LogP contribution in [0.1, 0.15) is 18.5 Å². The third-order valence-corrected chi connectivity index (χ3v) is 2.43. The first kappa shape index (κ1) is 12.8. The molecule has 0 saturated carbocycles. The van der Waals surface area contributed by atoms with Crippen LogP contribution in [0.15, 0.2) is 18.6 Å². The quantitative estimate of drug-likeness (QED) is 0.502. The molecule has 0 bridgehead atoms. The van der Waals surface area contributed by atoms with Gasteiger partial charge in [-0.3, -0.25) is 9.97 Å². The first-order chi connectivity index (χ1) is 7.72. The molecule has 1 heterocycles. The van der Waals surface area contributed by atoms with Gasteiger partial charge in [0.2, 0.25) is 0 Å². The average molecular weight is 239 g/mol. The molecule has 0 radical (unpaired) electrons. The van der Waals surface area contributed by atoms with Crippen LogP contribution in [0, 0.1) is 0 Å². The van der Waals surface area contributed by atoms with Gasteiger partial charge in [0, 0.05) is 25.6 Å². The van der Waals surface area contributed by atoms with Gasteiger partial charge in [0.25, 0.3) is 0 Å². The van der Waals surface area contributed by atoms with Gasteiger partial charge in [-0.25, -0.2) is 0 Å². The molecule has 0 spiro atoms. The number of thiocarbonyl (C=S) groups is 1. The van der Waals surface area contributed by atoms with Crippen LogP contribution >= 0.6 is 12.2 Å². The Bertz CT molecular complexity index is 316. The van der Waals surface area contributed by atoms with Gasteiger partial charge in [-0.1, -0.05) is 0 Å². The molecule has 0 aliphatic carbocycles. The second kappa shape index (κ2) is 7.08. The SMILES string of the molecule is CNC(=S)NC(N)CCCc1cnccn1. The molecular weight excluding hydrogens is 222 g/mol. The molecule has 0 aromatic carbocycles. The molecule has 4 N–H and O–H groups in total. The van der Waals surface area contributed by atoms with Crippen LogP contribution in [-0.2, 0) is 6.42 Å². The minimum absolute atomic E-state index is 0.114. The van der Waals surface area contributed by atoms with Crippen molar-refractivity contribution in [2.45, 2.75) is 25.4 Å². The molecule has 0 fully saturated rings. The number of rotatable bonds is 5. The summed E-state index contributed by atoms with van der Waals surface area (Å²) in [4.78, 5) is 8.19. The number of nitrogens with zero attached hydrogens (tertiary/aromatic N) is 2. The minimum Gasteiger partial charge on any atom is -0.366 e. The van der Waals surface area contributed by atoms with Crippen molar-refractivity contribution in [3.8, 4) is 0 Å². The van der Waals surface area contributed by atoms with Crippen molar-refractivity contribution in [2.75, 3.05) is 7.05 Å². The molecule has 1 rings (SSSR count). The van der Waals surface area contributed by atoms with Crippen molar-refractivity contribution in [3.63, 3.8) is 0 Å². The standard InChI is InChI=1S/C10H17N5S/c1-12-10(16)15-9(11)4-2-3-8-7-13-5-6-14-8/h5-7,9H,2-4,11H2,1H3,(H2,12,15,16). The Morgan fingerprint density at radius 2 is 2.38 bits per heavy atom. The first-order valence-corrected chi connectivity index (χ1v) is 5.62. The van der Waals surface area contributed by atoms with Crippen LogP contribution in [-0.4, -0.2) is 28.3 Å². The molecule has 16 heavy (non-hydrogen) atoms. The highest BCUT2D eigenvalue weighted by Gasteiger charge is 2.03. The van der Waals surface area contributed by atoms with E-state index >= 15 is 0 Å². The summed E-state index contributed by atoms with van der Waals surface area (Å²) in [7, 11) is 1.77. The second-order valence-electron chi connectivity index (χ2n) is 3.42. The topological polar surface area (TPSA) is 75.9 Å². The van der Waals surface area contributed by atoms with E-state index in [2.05, 4.69) is 20.6 Å². The molecule has 5 nitrogen and oxygen atoms in total. The summed E-state index contributed by atoms with van der Waals surface area (Å²) < 4.78 is 0. The fourth-order valence-corrected chi connectivity index (χ4v) is 1.43. The van der Waals surface area contributed by atoms with Gasteiger partial charge < -0.3 is 16.4 Å². The predicted octanol–water partition coefficient (Wildman–Crippen LogP) is 0.178. The van der Waals surface area contributed by atoms with E-state index in [0.29, 0.717) is 5.11 Å². The van der Waals surface area contributed by atoms with E-state index in [4.69, 9.17) is 18.0 Å². The number of aromatic nitrogens is 2. The van der Waals surface area contributed by atoms with Crippen molar-refractivity contribution < 1.29 is 0 Å². The fourth-order valence-electron chi connectivity index (χ4n) is 1.27. The third-order valence-electron chi connectivity index (χ3n) is 2.11. The van der Waals surface area contributed by atoms with Crippen molar-refractivity contribution >= 4 is 17.3 Å². The molecule has 1 atom stereocenters. The van der Waals surface area contributed by atoms with E-state index in [-0.39, 0.29) is 6.17 Å². The summed E-state index contributed by atoms with van der Waals surface area (Å²) in [6.45, 7) is 0. The fraction of sp³-hybridized carbons (Fsp3) is 0.500. The van der Waals surface area contributed by atoms with Crippen LogP contribution in [0.4, 0.5) is 0 Å². The first-order valence-electron chi connectivity index (χ1n) is 5.21. The molecular formula is C10H17N5S. The average Bonchev–Trinajstić information content (AvgIpc) is 2.30. The Balaban J connectivity index is 2.18. The lowest BCUT2D eigenvalue weighted by Gasteiger charge is -2.14. The zero-order chi connectivity index (χ0) is 11.8. The van der Waals surface area contributed by atoms with E-state index in [9.17, 15) is 0 Å². The van der Waals surface area contributed by atoms with Gasteiger partial charge in [-0.2, -0.15) is 0 Å². The number of hydrogen-bond acceptors (Lipinski definition) is 4. The molecule has 1 unspecified atom stereocenters. The smallest absolute Gasteiger partial charge is 0.167 e. The normalized spacial score (nSPS) is 11.9. The zero-order valence-corrected chi connectivity index (χ0v) is 10.1. The molecule has 0 amide bonds. The summed E-state index contributed by atoms with van der Waals surface area (Å²) in [5.74, 6) is 0. The summed E-state index contributed by atoms with van der Waals surface area (Å²) in [6, 6.07) is 0. The van der Waals surface area contributed by atoms with E-state index in [1.807, 2.05) is 0 Å². The van der Waals surface area contributed by atoms with Gasteiger partial charge in [0.05, 0.1) is 11.9 Å². The molecule has 0 aliphatic heterocycles. The van der Waals surface area contributed by atoms with Crippen LogP contribution in [0.25, 0.3) is 0 Å². The van der Waals surface area contributed by atoms with E-state index in [0.717, 1.165) is 25.0 Å². The molecule has 0 aliphatic rings. The monoisotopic (exact) mass is 239 g/mol. The summed E-state index contributed by atoms with van der Waals surface area (Å²) in [6.07, 6.45) is 7.72. The summed E-state index contributed by atoms with van der Waals surface area (Å²) >= 11 is 4.95. The highest BCUT2D eigenvalue weighted by molar-refractivity contribution is 7.80. The van der Waals surface area contributed by atoms with Crippen LogP contribution in [0.5, 0.6) is 0 Å². The molecule has 6 heteroatoms. The maximum absolute atomic E-state index is 5.84. The van der Waals surface area contributed by atoms with Gasteiger partial charge in [0.15, 0.2) is 5.11 Å². The molecule has 1 aromatic rings. The van der Waals surface area contributed by atoms with Crippen LogP contribution in [0.3, 0.4) is 0 Å². The van der Waals surface area contributed by atoms with Crippen molar-refractivity contribution in [1.29, 1.82) is 0 Å². The number of nitrogens with one attached hydrogen (secondary N) is 2. The lowest BCUT2D eigenvalue weighted by Crippen LogP contribution is -2.45. The van der Waals surface area contributed by atoms with E-state index < -0.39 is 0 Å².